The van der Waals surface area contributed by atoms with Gasteiger partial charge in [-0.1, -0.05) is 11.6 Å². The Morgan fingerprint density at radius 3 is 2.83 bits per heavy atom. The van der Waals surface area contributed by atoms with Crippen LogP contribution in [0.1, 0.15) is 18.2 Å². The summed E-state index contributed by atoms with van der Waals surface area (Å²) >= 11 is 6.00. The summed E-state index contributed by atoms with van der Waals surface area (Å²) in [6.07, 6.45) is 0. The molecule has 0 aliphatic rings. The molecular formula is C14H14ClFN4O3. The highest BCUT2D eigenvalue weighted by molar-refractivity contribution is 6.32. The van der Waals surface area contributed by atoms with Crippen LogP contribution in [0.5, 0.6) is 11.6 Å². The molecule has 0 fully saturated rings. The molecule has 1 aromatic heterocycles. The Labute approximate surface area is 136 Å². The number of ether oxygens (including phenoxy) is 1. The lowest BCUT2D eigenvalue weighted by Crippen LogP contribution is -2.29. The second-order valence-electron chi connectivity index (χ2n) is 4.62. The van der Waals surface area contributed by atoms with E-state index in [9.17, 15) is 14.1 Å². The Morgan fingerprint density at radius 1 is 1.48 bits per heavy atom. The molecule has 1 aromatic carbocycles. The molecule has 0 unspecified atom stereocenters. The molecule has 7 nitrogen and oxygen atoms in total. The molecule has 0 bridgehead atoms. The first kappa shape index (κ1) is 16.9. The van der Waals surface area contributed by atoms with Crippen molar-refractivity contribution in [3.8, 4) is 11.6 Å². The number of hydrogen-bond donors (Lipinski definition) is 1. The smallest absolute Gasteiger partial charge is 0.342 e. The second-order valence-corrected chi connectivity index (χ2v) is 5.03. The largest absolute Gasteiger partial charge is 0.434 e. The highest BCUT2D eigenvalue weighted by Gasteiger charge is 2.17. The van der Waals surface area contributed by atoms with Crippen molar-refractivity contribution in [2.45, 2.75) is 20.5 Å². The van der Waals surface area contributed by atoms with Crippen LogP contribution in [-0.2, 0) is 6.67 Å². The quantitative estimate of drug-likeness (QED) is 0.831. The third kappa shape index (κ3) is 3.65. The molecule has 0 saturated heterocycles. The number of carbonyl (C=O) groups is 1. The number of rotatable bonds is 5. The number of aromatic nitrogens is 2. The standard InChI is InChI=1S/C14H14ClFN4O3/c1-3-17-14(21)20-8(2)4-12(18-20)23-13-10(15)5-9(7-16)6-11(13)19-22/h4-6H,3,7H2,1-2H3,(H,17,21). The van der Waals surface area contributed by atoms with Gasteiger partial charge in [0.2, 0.25) is 5.88 Å². The summed E-state index contributed by atoms with van der Waals surface area (Å²) in [5, 5.41) is 9.40. The normalized spacial score (nSPS) is 10.4. The molecule has 0 atom stereocenters. The van der Waals surface area contributed by atoms with Crippen molar-refractivity contribution in [2.75, 3.05) is 6.54 Å². The van der Waals surface area contributed by atoms with Crippen molar-refractivity contribution < 1.29 is 13.9 Å². The summed E-state index contributed by atoms with van der Waals surface area (Å²) in [5.74, 6) is 0.0213. The fourth-order valence-corrected chi connectivity index (χ4v) is 2.19. The van der Waals surface area contributed by atoms with Gasteiger partial charge >= 0.3 is 6.03 Å². The van der Waals surface area contributed by atoms with Crippen molar-refractivity contribution in [3.63, 3.8) is 0 Å². The predicted octanol–water partition coefficient (Wildman–Crippen LogP) is 4.08. The van der Waals surface area contributed by atoms with Gasteiger partial charge in [-0.3, -0.25) is 0 Å². The van der Waals surface area contributed by atoms with Crippen LogP contribution < -0.4 is 10.1 Å². The molecular weight excluding hydrogens is 327 g/mol. The number of benzene rings is 1. The summed E-state index contributed by atoms with van der Waals surface area (Å²) < 4.78 is 19.3. The molecule has 23 heavy (non-hydrogen) atoms. The minimum atomic E-state index is -0.784. The van der Waals surface area contributed by atoms with E-state index >= 15 is 0 Å². The van der Waals surface area contributed by atoms with Crippen molar-refractivity contribution in [1.29, 1.82) is 0 Å². The van der Waals surface area contributed by atoms with Gasteiger partial charge in [-0.2, -0.15) is 4.68 Å². The molecule has 0 saturated carbocycles. The van der Waals surface area contributed by atoms with Gasteiger partial charge in [0.25, 0.3) is 0 Å². The summed E-state index contributed by atoms with van der Waals surface area (Å²) in [4.78, 5) is 22.7. The maximum absolute atomic E-state index is 12.7. The van der Waals surface area contributed by atoms with Crippen molar-refractivity contribution >= 4 is 23.3 Å². The Balaban J connectivity index is 2.35. The summed E-state index contributed by atoms with van der Waals surface area (Å²) in [6.45, 7) is 3.11. The molecule has 122 valence electrons. The van der Waals surface area contributed by atoms with E-state index in [-0.39, 0.29) is 27.9 Å². The number of nitrogens with one attached hydrogen (secondary N) is 1. The van der Waals surface area contributed by atoms with Crippen LogP contribution in [0.15, 0.2) is 23.4 Å². The van der Waals surface area contributed by atoms with E-state index < -0.39 is 12.7 Å². The number of nitrogens with zero attached hydrogens (tertiary/aromatic N) is 3. The Hall–Kier alpha value is -2.48. The average Bonchev–Trinajstić information content (AvgIpc) is 2.90. The highest BCUT2D eigenvalue weighted by atomic mass is 35.5. The first-order chi connectivity index (χ1) is 11.0. The summed E-state index contributed by atoms with van der Waals surface area (Å²) in [6, 6.07) is 3.66. The molecule has 0 spiro atoms. The van der Waals surface area contributed by atoms with Crippen LogP contribution in [0, 0.1) is 11.8 Å². The molecule has 1 heterocycles. The zero-order valence-electron chi connectivity index (χ0n) is 12.5. The van der Waals surface area contributed by atoms with Crippen molar-refractivity contribution in [1.82, 2.24) is 15.1 Å². The van der Waals surface area contributed by atoms with Gasteiger partial charge in [0.1, 0.15) is 6.67 Å². The molecule has 1 amide bonds. The van der Waals surface area contributed by atoms with Gasteiger partial charge in [0.05, 0.1) is 10.7 Å². The monoisotopic (exact) mass is 340 g/mol. The fraction of sp³-hybridized carbons (Fsp3) is 0.286. The van der Waals surface area contributed by atoms with Crippen LogP contribution >= 0.6 is 11.6 Å². The third-order valence-electron chi connectivity index (χ3n) is 2.93. The molecule has 2 rings (SSSR count). The lowest BCUT2D eigenvalue weighted by atomic mass is 10.2. The number of amides is 1. The van der Waals surface area contributed by atoms with E-state index in [1.54, 1.807) is 13.8 Å². The zero-order valence-corrected chi connectivity index (χ0v) is 13.2. The molecule has 1 N–H and O–H groups in total. The SMILES string of the molecule is CCNC(=O)n1nc(Oc2c(Cl)cc(CF)cc2N=O)cc1C. The van der Waals surface area contributed by atoms with Crippen LogP contribution in [-0.4, -0.2) is 22.4 Å². The number of halogens is 2. The van der Waals surface area contributed by atoms with Gasteiger partial charge in [-0.15, -0.1) is 10.0 Å². The number of carbonyl (C=O) groups excluding carboxylic acids is 1. The van der Waals surface area contributed by atoms with E-state index in [4.69, 9.17) is 16.3 Å². The van der Waals surface area contributed by atoms with E-state index in [0.717, 1.165) is 4.68 Å². The molecule has 0 aliphatic heterocycles. The maximum Gasteiger partial charge on any atom is 0.342 e. The Morgan fingerprint density at radius 2 is 2.22 bits per heavy atom. The third-order valence-corrected chi connectivity index (χ3v) is 3.21. The lowest BCUT2D eigenvalue weighted by Gasteiger charge is -2.08. The van der Waals surface area contributed by atoms with Crippen LogP contribution in [0.4, 0.5) is 14.9 Å². The second kappa shape index (κ2) is 7.19. The summed E-state index contributed by atoms with van der Waals surface area (Å²) in [5.41, 5.74) is 0.597. The van der Waals surface area contributed by atoms with Gasteiger partial charge in [0, 0.05) is 12.6 Å². The van der Waals surface area contributed by atoms with Crippen molar-refractivity contribution in [2.24, 2.45) is 5.18 Å². The predicted molar refractivity (Wildman–Crippen MR) is 83.2 cm³/mol. The first-order valence-electron chi connectivity index (χ1n) is 6.74. The molecule has 0 radical (unpaired) electrons. The number of hydrogen-bond acceptors (Lipinski definition) is 5. The van der Waals surface area contributed by atoms with Crippen LogP contribution in [0.3, 0.4) is 0 Å². The van der Waals surface area contributed by atoms with E-state index in [1.165, 1.54) is 18.2 Å². The minimum Gasteiger partial charge on any atom is -0.434 e. The molecule has 0 aliphatic carbocycles. The number of aryl methyl sites for hydroxylation is 1. The Kier molecular flexibility index (Phi) is 5.28. The van der Waals surface area contributed by atoms with Gasteiger partial charge in [-0.05, 0) is 36.7 Å². The van der Waals surface area contributed by atoms with Crippen molar-refractivity contribution in [3.05, 3.63) is 39.4 Å². The van der Waals surface area contributed by atoms with Gasteiger partial charge < -0.3 is 10.1 Å². The number of alkyl halides is 1. The highest BCUT2D eigenvalue weighted by Crippen LogP contribution is 2.39. The fourth-order valence-electron chi connectivity index (χ4n) is 1.91. The minimum absolute atomic E-state index is 0.0277. The zero-order chi connectivity index (χ0) is 17.0. The number of nitroso groups, excluding NO2 is 1. The van der Waals surface area contributed by atoms with E-state index in [0.29, 0.717) is 12.2 Å². The first-order valence-corrected chi connectivity index (χ1v) is 7.12. The van der Waals surface area contributed by atoms with Gasteiger partial charge in [-0.25, -0.2) is 9.18 Å². The lowest BCUT2D eigenvalue weighted by molar-refractivity contribution is 0.239. The van der Waals surface area contributed by atoms with Crippen LogP contribution in [0.2, 0.25) is 5.02 Å². The van der Waals surface area contributed by atoms with Gasteiger partial charge in [0.15, 0.2) is 11.4 Å². The maximum atomic E-state index is 12.7. The summed E-state index contributed by atoms with van der Waals surface area (Å²) in [7, 11) is 0. The van der Waals surface area contributed by atoms with E-state index in [1.807, 2.05) is 0 Å². The topological polar surface area (TPSA) is 85.6 Å². The Bertz CT molecular complexity index is 748. The van der Waals surface area contributed by atoms with E-state index in [2.05, 4.69) is 15.6 Å². The van der Waals surface area contributed by atoms with Crippen LogP contribution in [0.25, 0.3) is 0 Å². The molecule has 9 heteroatoms. The molecule has 2 aromatic rings. The average molecular weight is 341 g/mol.